The largest absolute Gasteiger partial charge is 0.481 e. The second-order valence-electron chi connectivity index (χ2n) is 6.66. The maximum Gasteiger partial charge on any atom is 0.306 e. The Morgan fingerprint density at radius 2 is 1.92 bits per heavy atom. The summed E-state index contributed by atoms with van der Waals surface area (Å²) in [5.41, 5.74) is 0. The van der Waals surface area contributed by atoms with E-state index in [9.17, 15) is 9.59 Å². The zero-order chi connectivity index (χ0) is 18.5. The molecule has 0 spiro atoms. The summed E-state index contributed by atoms with van der Waals surface area (Å²) in [5.74, 6) is -1.05. The maximum absolute atomic E-state index is 11.8. The number of hydrogen-bond acceptors (Lipinski definition) is 3. The van der Waals surface area contributed by atoms with Crippen molar-refractivity contribution >= 4 is 11.8 Å². The predicted octanol–water partition coefficient (Wildman–Crippen LogP) is 4.85. The molecule has 4 heteroatoms. The third-order valence-corrected chi connectivity index (χ3v) is 4.30. The third kappa shape index (κ3) is 10.7. The number of carbonyl (C=O) groups is 2. The van der Waals surface area contributed by atoms with Crippen LogP contribution in [0, 0.1) is 5.92 Å². The van der Waals surface area contributed by atoms with Crippen molar-refractivity contribution in [1.82, 2.24) is 0 Å². The van der Waals surface area contributed by atoms with Crippen LogP contribution >= 0.6 is 0 Å². The predicted molar refractivity (Wildman–Crippen MR) is 100 cm³/mol. The van der Waals surface area contributed by atoms with Gasteiger partial charge in [-0.05, 0) is 44.3 Å². The third-order valence-electron chi connectivity index (χ3n) is 4.30. The van der Waals surface area contributed by atoms with Crippen molar-refractivity contribution in [3.63, 3.8) is 0 Å². The van der Waals surface area contributed by atoms with E-state index in [0.29, 0.717) is 12.8 Å². The van der Waals surface area contributed by atoms with Gasteiger partial charge in [-0.25, -0.2) is 0 Å². The molecule has 0 radical (unpaired) electrons. The molecule has 3 unspecified atom stereocenters. The Morgan fingerprint density at radius 1 is 1.16 bits per heavy atom. The molecule has 1 saturated heterocycles. The molecule has 0 aromatic carbocycles. The highest BCUT2D eigenvalue weighted by Gasteiger charge is 2.36. The molecule has 1 rings (SSSR count). The number of unbranched alkanes of at least 4 members (excludes halogenated alkanes) is 3. The monoisotopic (exact) mass is 348 g/mol. The summed E-state index contributed by atoms with van der Waals surface area (Å²) in [4.78, 5) is 22.5. The van der Waals surface area contributed by atoms with Gasteiger partial charge in [0.1, 0.15) is 6.10 Å². The Bertz CT molecular complexity index is 490. The van der Waals surface area contributed by atoms with E-state index in [1.165, 1.54) is 19.3 Å². The first kappa shape index (κ1) is 21.4. The first-order valence-electron chi connectivity index (χ1n) is 9.43. The molecule has 0 aromatic heterocycles. The number of rotatable bonds is 14. The fraction of sp³-hybridized carbons (Fsp3) is 0.619. The molecular formula is C21H32O4. The first-order valence-corrected chi connectivity index (χ1v) is 9.43. The van der Waals surface area contributed by atoms with E-state index in [1.54, 1.807) is 19.1 Å². The minimum atomic E-state index is -0.773. The number of carboxylic acid groups (broad SMARTS) is 1. The number of epoxide rings is 1. The van der Waals surface area contributed by atoms with Gasteiger partial charge in [0, 0.05) is 6.42 Å². The zero-order valence-corrected chi connectivity index (χ0v) is 15.5. The highest BCUT2D eigenvalue weighted by molar-refractivity contribution is 5.90. The van der Waals surface area contributed by atoms with Crippen LogP contribution in [-0.4, -0.2) is 29.1 Å². The van der Waals surface area contributed by atoms with Gasteiger partial charge in [0.05, 0.1) is 12.0 Å². The van der Waals surface area contributed by atoms with Crippen molar-refractivity contribution in [3.05, 3.63) is 36.5 Å². The van der Waals surface area contributed by atoms with E-state index in [-0.39, 0.29) is 23.9 Å². The van der Waals surface area contributed by atoms with Gasteiger partial charge in [0.25, 0.3) is 0 Å². The molecule has 1 N–H and O–H groups in total. The second kappa shape index (κ2) is 12.6. The van der Waals surface area contributed by atoms with Crippen LogP contribution in [0.25, 0.3) is 0 Å². The smallest absolute Gasteiger partial charge is 0.306 e. The van der Waals surface area contributed by atoms with Crippen molar-refractivity contribution in [2.75, 3.05) is 0 Å². The van der Waals surface area contributed by atoms with Crippen molar-refractivity contribution < 1.29 is 19.4 Å². The molecule has 4 nitrogen and oxygen atoms in total. The average molecular weight is 348 g/mol. The molecule has 0 aliphatic carbocycles. The highest BCUT2D eigenvalue weighted by atomic mass is 16.6. The summed E-state index contributed by atoms with van der Waals surface area (Å²) < 4.78 is 5.44. The molecule has 0 amide bonds. The fourth-order valence-electron chi connectivity index (χ4n) is 2.47. The Kier molecular flexibility index (Phi) is 10.8. The standard InChI is InChI=1S/C21H32O4/c1-3-4-5-6-7-8-9-10-11-12-18(22)14-16-20-19(25-20)15-13-17(2)21(23)24/h7-8,10-11,14,16-17,19-20H,3-6,9,12-13,15H2,1-2H3,(H,23,24)/b8-7-,11-10-,16-14+. The van der Waals surface area contributed by atoms with Crippen LogP contribution < -0.4 is 0 Å². The highest BCUT2D eigenvalue weighted by Crippen LogP contribution is 2.29. The van der Waals surface area contributed by atoms with Crippen molar-refractivity contribution in [2.24, 2.45) is 5.92 Å². The van der Waals surface area contributed by atoms with Gasteiger partial charge in [0.2, 0.25) is 0 Å². The molecule has 0 aromatic rings. The topological polar surface area (TPSA) is 66.9 Å². The van der Waals surface area contributed by atoms with Crippen LogP contribution in [0.1, 0.15) is 65.2 Å². The van der Waals surface area contributed by atoms with Crippen LogP contribution in [0.4, 0.5) is 0 Å². The van der Waals surface area contributed by atoms with E-state index in [0.717, 1.165) is 19.3 Å². The first-order chi connectivity index (χ1) is 12.0. The van der Waals surface area contributed by atoms with Gasteiger partial charge < -0.3 is 9.84 Å². The SMILES string of the molecule is CCCCC/C=C\C/C=C\CC(=O)/C=C/C1OC1CCC(C)C(=O)O. The summed E-state index contributed by atoms with van der Waals surface area (Å²) in [6.45, 7) is 3.90. The van der Waals surface area contributed by atoms with Crippen LogP contribution in [0.2, 0.25) is 0 Å². The molecule has 25 heavy (non-hydrogen) atoms. The van der Waals surface area contributed by atoms with Gasteiger partial charge in [-0.1, -0.05) is 51.0 Å². The van der Waals surface area contributed by atoms with Crippen molar-refractivity contribution in [1.29, 1.82) is 0 Å². The lowest BCUT2D eigenvalue weighted by Gasteiger charge is -2.02. The van der Waals surface area contributed by atoms with Gasteiger partial charge in [-0.15, -0.1) is 0 Å². The minimum absolute atomic E-state index is 0.0278. The van der Waals surface area contributed by atoms with Crippen molar-refractivity contribution in [3.8, 4) is 0 Å². The zero-order valence-electron chi connectivity index (χ0n) is 15.5. The van der Waals surface area contributed by atoms with Gasteiger partial charge in [-0.2, -0.15) is 0 Å². The summed E-state index contributed by atoms with van der Waals surface area (Å²) in [6, 6.07) is 0. The Labute approximate surface area is 151 Å². The summed E-state index contributed by atoms with van der Waals surface area (Å²) in [5, 5.41) is 8.83. The Morgan fingerprint density at radius 3 is 2.64 bits per heavy atom. The second-order valence-corrected chi connectivity index (χ2v) is 6.66. The van der Waals surface area contributed by atoms with E-state index in [2.05, 4.69) is 19.1 Å². The molecule has 1 fully saturated rings. The molecule has 1 aliphatic heterocycles. The lowest BCUT2D eigenvalue weighted by molar-refractivity contribution is -0.141. The number of ketones is 1. The molecule has 140 valence electrons. The molecule has 1 heterocycles. The van der Waals surface area contributed by atoms with E-state index >= 15 is 0 Å². The van der Waals surface area contributed by atoms with Gasteiger partial charge in [-0.3, -0.25) is 9.59 Å². The van der Waals surface area contributed by atoms with Gasteiger partial charge in [0.15, 0.2) is 5.78 Å². The molecule has 1 aliphatic rings. The summed E-state index contributed by atoms with van der Waals surface area (Å²) in [6.07, 6.45) is 19.2. The minimum Gasteiger partial charge on any atom is -0.481 e. The number of carbonyl (C=O) groups excluding carboxylic acids is 1. The molecule has 0 saturated carbocycles. The van der Waals surface area contributed by atoms with Crippen molar-refractivity contribution in [2.45, 2.75) is 77.4 Å². The Balaban J connectivity index is 2.08. The normalized spacial score (nSPS) is 21.4. The average Bonchev–Trinajstić information content (AvgIpc) is 3.34. The van der Waals surface area contributed by atoms with Gasteiger partial charge >= 0.3 is 5.97 Å². The molecular weight excluding hydrogens is 316 g/mol. The summed E-state index contributed by atoms with van der Waals surface area (Å²) in [7, 11) is 0. The number of carboxylic acids is 1. The quantitative estimate of drug-likeness (QED) is 0.211. The number of ether oxygens (including phenoxy) is 1. The number of aliphatic carboxylic acids is 1. The molecule has 0 bridgehead atoms. The lowest BCUT2D eigenvalue weighted by Crippen LogP contribution is -2.10. The van der Waals surface area contributed by atoms with E-state index < -0.39 is 5.97 Å². The lowest BCUT2D eigenvalue weighted by atomic mass is 10.0. The maximum atomic E-state index is 11.8. The van der Waals surface area contributed by atoms with E-state index in [4.69, 9.17) is 9.84 Å². The number of hydrogen-bond donors (Lipinski definition) is 1. The van der Waals surface area contributed by atoms with Crippen LogP contribution in [0.5, 0.6) is 0 Å². The summed E-state index contributed by atoms with van der Waals surface area (Å²) >= 11 is 0. The van der Waals surface area contributed by atoms with E-state index in [1.807, 2.05) is 12.2 Å². The number of allylic oxidation sites excluding steroid dienone is 5. The fourth-order valence-corrected chi connectivity index (χ4v) is 2.47. The van der Waals surface area contributed by atoms with Crippen LogP contribution in [-0.2, 0) is 14.3 Å². The van der Waals surface area contributed by atoms with Crippen LogP contribution in [0.3, 0.4) is 0 Å². The Hall–Kier alpha value is -1.68. The van der Waals surface area contributed by atoms with Crippen LogP contribution in [0.15, 0.2) is 36.5 Å². The molecule has 3 atom stereocenters.